The SMILES string of the molecule is Cc1nc2sc3c(c2c2nnc(SCC(=O)Nc4ccc5c(c4)OCO5)n12)CC[C@@H](C)C3. The zero-order chi connectivity index (χ0) is 21.8. The van der Waals surface area contributed by atoms with Gasteiger partial charge in [-0.1, -0.05) is 18.7 Å². The molecular weight excluding hydrogens is 446 g/mol. The first-order valence-corrected chi connectivity index (χ1v) is 12.4. The van der Waals surface area contributed by atoms with Gasteiger partial charge in [0.15, 0.2) is 22.3 Å². The van der Waals surface area contributed by atoms with Crippen molar-refractivity contribution < 1.29 is 14.3 Å². The normalized spacial score (nSPS) is 17.1. The first-order chi connectivity index (χ1) is 15.6. The number of anilines is 1. The van der Waals surface area contributed by atoms with Crippen molar-refractivity contribution in [2.45, 2.75) is 38.3 Å². The van der Waals surface area contributed by atoms with E-state index in [0.717, 1.165) is 34.5 Å². The van der Waals surface area contributed by atoms with Gasteiger partial charge in [0.2, 0.25) is 12.7 Å². The quantitative estimate of drug-likeness (QED) is 0.449. The number of carbonyl (C=O) groups is 1. The topological polar surface area (TPSA) is 90.6 Å². The van der Waals surface area contributed by atoms with E-state index in [2.05, 4.69) is 22.4 Å². The van der Waals surface area contributed by atoms with Gasteiger partial charge in [-0.25, -0.2) is 4.98 Å². The Balaban J connectivity index is 1.25. The standard InChI is InChI=1S/C22H21N5O3S2/c1-11-3-5-14-17(7-11)32-21-19(14)20-25-26-22(27(20)12(2)23-21)31-9-18(28)24-13-4-6-15-16(8-13)30-10-29-15/h4,6,8,11H,3,5,7,9-10H2,1-2H3,(H,24,28)/t11-/m1/s1. The Hall–Kier alpha value is -2.85. The van der Waals surface area contributed by atoms with E-state index in [4.69, 9.17) is 14.5 Å². The van der Waals surface area contributed by atoms with E-state index in [1.54, 1.807) is 29.5 Å². The van der Waals surface area contributed by atoms with Crippen LogP contribution in [0.25, 0.3) is 15.9 Å². The lowest BCUT2D eigenvalue weighted by Gasteiger charge is -2.17. The maximum atomic E-state index is 12.5. The molecule has 3 aromatic heterocycles. The molecule has 0 spiro atoms. The van der Waals surface area contributed by atoms with Crippen molar-refractivity contribution >= 4 is 50.6 Å². The summed E-state index contributed by atoms with van der Waals surface area (Å²) in [6.07, 6.45) is 3.36. The minimum atomic E-state index is -0.126. The third-order valence-corrected chi connectivity index (χ3v) is 8.00. The third kappa shape index (κ3) is 3.29. The lowest BCUT2D eigenvalue weighted by molar-refractivity contribution is -0.113. The maximum Gasteiger partial charge on any atom is 0.234 e. The second kappa shape index (κ2) is 7.63. The lowest BCUT2D eigenvalue weighted by Crippen LogP contribution is -2.14. The number of thioether (sulfide) groups is 1. The number of hydrogen-bond acceptors (Lipinski definition) is 8. The molecular formula is C22H21N5O3S2. The molecule has 0 bridgehead atoms. The highest BCUT2D eigenvalue weighted by atomic mass is 32.2. The fraction of sp³-hybridized carbons (Fsp3) is 0.364. The Morgan fingerprint density at radius 1 is 1.31 bits per heavy atom. The van der Waals surface area contributed by atoms with Crippen molar-refractivity contribution in [2.75, 3.05) is 17.9 Å². The molecule has 0 fully saturated rings. The molecule has 164 valence electrons. The van der Waals surface area contributed by atoms with Crippen LogP contribution in [0.15, 0.2) is 23.4 Å². The minimum absolute atomic E-state index is 0.126. The van der Waals surface area contributed by atoms with Gasteiger partial charge in [-0.15, -0.1) is 21.5 Å². The van der Waals surface area contributed by atoms with E-state index >= 15 is 0 Å². The molecule has 1 aliphatic carbocycles. The van der Waals surface area contributed by atoms with Gasteiger partial charge >= 0.3 is 0 Å². The van der Waals surface area contributed by atoms with E-state index in [0.29, 0.717) is 28.3 Å². The number of thiophene rings is 1. The highest BCUT2D eigenvalue weighted by Gasteiger charge is 2.25. The fourth-order valence-corrected chi connectivity index (χ4v) is 6.56. The number of aromatic nitrogens is 4. The Morgan fingerprint density at radius 3 is 3.09 bits per heavy atom. The van der Waals surface area contributed by atoms with Crippen molar-refractivity contribution in [3.63, 3.8) is 0 Å². The molecule has 2 aliphatic rings. The second-order valence-corrected chi connectivity index (χ2v) is 10.3. The Morgan fingerprint density at radius 2 is 2.19 bits per heavy atom. The molecule has 0 radical (unpaired) electrons. The highest BCUT2D eigenvalue weighted by molar-refractivity contribution is 7.99. The summed E-state index contributed by atoms with van der Waals surface area (Å²) in [5.74, 6) is 2.96. The van der Waals surface area contributed by atoms with Gasteiger partial charge in [0.1, 0.15) is 10.7 Å². The first kappa shape index (κ1) is 19.8. The zero-order valence-electron chi connectivity index (χ0n) is 17.7. The Bertz CT molecular complexity index is 1380. The number of amides is 1. The van der Waals surface area contributed by atoms with Crippen LogP contribution >= 0.6 is 23.1 Å². The van der Waals surface area contributed by atoms with Crippen LogP contribution in [0, 0.1) is 12.8 Å². The van der Waals surface area contributed by atoms with E-state index in [-0.39, 0.29) is 18.5 Å². The predicted molar refractivity (Wildman–Crippen MR) is 124 cm³/mol. The molecule has 4 heterocycles. The van der Waals surface area contributed by atoms with E-state index in [9.17, 15) is 4.79 Å². The Kier molecular flexibility index (Phi) is 4.72. The molecule has 4 aromatic rings. The molecule has 8 nitrogen and oxygen atoms in total. The average molecular weight is 468 g/mol. The summed E-state index contributed by atoms with van der Waals surface area (Å²) in [7, 11) is 0. The summed E-state index contributed by atoms with van der Waals surface area (Å²) in [6, 6.07) is 5.36. The number of carbonyl (C=O) groups excluding carboxylic acids is 1. The number of aryl methyl sites for hydroxylation is 2. The van der Waals surface area contributed by atoms with Crippen molar-refractivity contribution in [2.24, 2.45) is 5.92 Å². The Labute approximate surface area is 192 Å². The van der Waals surface area contributed by atoms with Crippen LogP contribution in [0.4, 0.5) is 5.69 Å². The van der Waals surface area contributed by atoms with Crippen LogP contribution in [0.2, 0.25) is 0 Å². The van der Waals surface area contributed by atoms with Crippen LogP contribution in [0.1, 0.15) is 29.6 Å². The number of benzene rings is 1. The number of hydrogen-bond donors (Lipinski definition) is 1. The summed E-state index contributed by atoms with van der Waals surface area (Å²) < 4.78 is 12.7. The van der Waals surface area contributed by atoms with Gasteiger partial charge in [-0.2, -0.15) is 0 Å². The number of fused-ring (bicyclic) bond motifs is 6. The van der Waals surface area contributed by atoms with E-state index < -0.39 is 0 Å². The van der Waals surface area contributed by atoms with E-state index in [1.165, 1.54) is 28.6 Å². The van der Waals surface area contributed by atoms with Crippen LogP contribution in [0.5, 0.6) is 11.5 Å². The minimum Gasteiger partial charge on any atom is -0.454 e. The number of nitrogens with zero attached hydrogens (tertiary/aromatic N) is 4. The lowest BCUT2D eigenvalue weighted by atomic mass is 9.89. The van der Waals surface area contributed by atoms with Crippen LogP contribution in [-0.2, 0) is 17.6 Å². The molecule has 1 amide bonds. The largest absolute Gasteiger partial charge is 0.454 e. The maximum absolute atomic E-state index is 12.5. The summed E-state index contributed by atoms with van der Waals surface area (Å²) in [5, 5.41) is 13.6. The van der Waals surface area contributed by atoms with Crippen LogP contribution in [0.3, 0.4) is 0 Å². The molecule has 0 unspecified atom stereocenters. The molecule has 1 aromatic carbocycles. The molecule has 0 saturated heterocycles. The van der Waals surface area contributed by atoms with Gasteiger partial charge in [-0.05, 0) is 49.8 Å². The number of rotatable bonds is 4. The molecule has 1 N–H and O–H groups in total. The second-order valence-electron chi connectivity index (χ2n) is 8.24. The third-order valence-electron chi connectivity index (χ3n) is 5.93. The van der Waals surface area contributed by atoms with Crippen LogP contribution < -0.4 is 14.8 Å². The molecule has 0 saturated carbocycles. The molecule has 6 rings (SSSR count). The van der Waals surface area contributed by atoms with Crippen molar-refractivity contribution in [3.05, 3.63) is 34.5 Å². The van der Waals surface area contributed by atoms with Gasteiger partial charge in [0.25, 0.3) is 0 Å². The zero-order valence-corrected chi connectivity index (χ0v) is 19.3. The van der Waals surface area contributed by atoms with E-state index in [1.807, 2.05) is 11.3 Å². The van der Waals surface area contributed by atoms with Crippen molar-refractivity contribution in [1.29, 1.82) is 0 Å². The summed E-state index contributed by atoms with van der Waals surface area (Å²) in [6.45, 7) is 4.48. The smallest absolute Gasteiger partial charge is 0.234 e. The highest BCUT2D eigenvalue weighted by Crippen LogP contribution is 2.39. The average Bonchev–Trinajstić information content (AvgIpc) is 3.47. The molecule has 10 heteroatoms. The predicted octanol–water partition coefficient (Wildman–Crippen LogP) is 4.23. The number of nitrogens with one attached hydrogen (secondary N) is 1. The van der Waals surface area contributed by atoms with Gasteiger partial charge in [-0.3, -0.25) is 9.20 Å². The molecule has 1 aliphatic heterocycles. The van der Waals surface area contributed by atoms with Gasteiger partial charge < -0.3 is 14.8 Å². The first-order valence-electron chi connectivity index (χ1n) is 10.5. The summed E-state index contributed by atoms with van der Waals surface area (Å²) >= 11 is 3.14. The van der Waals surface area contributed by atoms with Gasteiger partial charge in [0.05, 0.1) is 11.1 Å². The van der Waals surface area contributed by atoms with Gasteiger partial charge in [0, 0.05) is 16.6 Å². The summed E-state index contributed by atoms with van der Waals surface area (Å²) in [5.41, 5.74) is 2.90. The molecule has 1 atom stereocenters. The molecule has 32 heavy (non-hydrogen) atoms. The fourth-order valence-electron chi connectivity index (χ4n) is 4.36. The monoisotopic (exact) mass is 467 g/mol. The summed E-state index contributed by atoms with van der Waals surface area (Å²) in [4.78, 5) is 19.9. The van der Waals surface area contributed by atoms with Crippen LogP contribution in [-0.4, -0.2) is 38.0 Å². The number of ether oxygens (including phenoxy) is 2. The van der Waals surface area contributed by atoms with Crippen molar-refractivity contribution in [1.82, 2.24) is 19.6 Å². The van der Waals surface area contributed by atoms with Crippen molar-refractivity contribution in [3.8, 4) is 11.5 Å².